The SMILES string of the molecule is O=c1cc(NCCCN[C@@H]2CCCc3ccccc32)[nH]c2ccccc12. The number of rotatable bonds is 6. The summed E-state index contributed by atoms with van der Waals surface area (Å²) in [7, 11) is 0. The molecule has 1 aromatic heterocycles. The van der Waals surface area contributed by atoms with Crippen LogP contribution in [0.1, 0.15) is 36.4 Å². The molecule has 1 aliphatic carbocycles. The zero-order valence-corrected chi connectivity index (χ0v) is 14.9. The molecular weight excluding hydrogens is 322 g/mol. The molecule has 0 saturated heterocycles. The van der Waals surface area contributed by atoms with Gasteiger partial charge in [-0.2, -0.15) is 0 Å². The predicted octanol–water partition coefficient (Wildman–Crippen LogP) is 4.00. The van der Waals surface area contributed by atoms with Crippen LogP contribution in [0.3, 0.4) is 0 Å². The molecule has 4 nitrogen and oxygen atoms in total. The van der Waals surface area contributed by atoms with Crippen molar-refractivity contribution in [3.63, 3.8) is 0 Å². The Labute approximate surface area is 153 Å². The van der Waals surface area contributed by atoms with Crippen LogP contribution in [-0.4, -0.2) is 18.1 Å². The fraction of sp³-hybridized carbons (Fsp3) is 0.318. The summed E-state index contributed by atoms with van der Waals surface area (Å²) < 4.78 is 0. The molecule has 134 valence electrons. The van der Waals surface area contributed by atoms with Gasteiger partial charge in [-0.1, -0.05) is 36.4 Å². The molecule has 0 unspecified atom stereocenters. The minimum atomic E-state index is 0.0544. The number of nitrogens with one attached hydrogen (secondary N) is 3. The molecule has 0 aliphatic heterocycles. The second-order valence-corrected chi connectivity index (χ2v) is 6.97. The van der Waals surface area contributed by atoms with Crippen molar-refractivity contribution < 1.29 is 0 Å². The van der Waals surface area contributed by atoms with Gasteiger partial charge < -0.3 is 15.6 Å². The van der Waals surface area contributed by atoms with Crippen molar-refractivity contribution in [2.75, 3.05) is 18.4 Å². The average molecular weight is 347 g/mol. The van der Waals surface area contributed by atoms with E-state index >= 15 is 0 Å². The van der Waals surface area contributed by atoms with Crippen molar-refractivity contribution in [1.82, 2.24) is 10.3 Å². The van der Waals surface area contributed by atoms with Crippen LogP contribution in [-0.2, 0) is 6.42 Å². The fourth-order valence-electron chi connectivity index (χ4n) is 3.85. The third kappa shape index (κ3) is 3.65. The van der Waals surface area contributed by atoms with E-state index in [1.807, 2.05) is 24.3 Å². The van der Waals surface area contributed by atoms with Crippen LogP contribution >= 0.6 is 0 Å². The lowest BCUT2D eigenvalue weighted by molar-refractivity contribution is 0.458. The van der Waals surface area contributed by atoms with Crippen LogP contribution in [0, 0.1) is 0 Å². The van der Waals surface area contributed by atoms with Crippen LogP contribution in [0.25, 0.3) is 10.9 Å². The number of aromatic amines is 1. The standard InChI is InChI=1S/C22H25N3O/c26-21-15-22(25-20-11-4-3-10-18(20)21)24-14-6-13-23-19-12-5-8-16-7-1-2-9-17(16)19/h1-4,7,9-11,15,19,23H,5-6,8,12-14H2,(H2,24,25,26)/t19-/m1/s1. The number of anilines is 1. The van der Waals surface area contributed by atoms with Crippen LogP contribution in [0.2, 0.25) is 0 Å². The van der Waals surface area contributed by atoms with Gasteiger partial charge in [0.1, 0.15) is 5.82 Å². The summed E-state index contributed by atoms with van der Waals surface area (Å²) in [6, 6.07) is 18.5. The Bertz CT molecular complexity index is 947. The number of H-pyrrole nitrogens is 1. The Hall–Kier alpha value is -2.59. The molecule has 3 N–H and O–H groups in total. The van der Waals surface area contributed by atoms with Crippen LogP contribution < -0.4 is 16.1 Å². The molecule has 4 heteroatoms. The lowest BCUT2D eigenvalue weighted by atomic mass is 9.88. The van der Waals surface area contributed by atoms with Gasteiger partial charge in [-0.25, -0.2) is 0 Å². The van der Waals surface area contributed by atoms with Crippen molar-refractivity contribution in [2.24, 2.45) is 0 Å². The molecule has 0 saturated carbocycles. The second-order valence-electron chi connectivity index (χ2n) is 6.97. The van der Waals surface area contributed by atoms with E-state index in [9.17, 15) is 4.79 Å². The summed E-state index contributed by atoms with van der Waals surface area (Å²) in [4.78, 5) is 15.4. The zero-order chi connectivity index (χ0) is 17.8. The highest BCUT2D eigenvalue weighted by atomic mass is 16.1. The van der Waals surface area contributed by atoms with Crippen molar-refractivity contribution in [3.8, 4) is 0 Å². The summed E-state index contributed by atoms with van der Waals surface area (Å²) in [5.41, 5.74) is 3.88. The third-order valence-electron chi connectivity index (χ3n) is 5.17. The predicted molar refractivity (Wildman–Crippen MR) is 108 cm³/mol. The number of hydrogen-bond acceptors (Lipinski definition) is 3. The Morgan fingerprint density at radius 3 is 2.85 bits per heavy atom. The van der Waals surface area contributed by atoms with E-state index in [2.05, 4.69) is 39.9 Å². The van der Waals surface area contributed by atoms with E-state index < -0.39 is 0 Å². The molecule has 0 spiro atoms. The van der Waals surface area contributed by atoms with Crippen molar-refractivity contribution in [2.45, 2.75) is 31.7 Å². The number of para-hydroxylation sites is 1. The van der Waals surface area contributed by atoms with Crippen LogP contribution in [0.15, 0.2) is 59.4 Å². The third-order valence-corrected chi connectivity index (χ3v) is 5.17. The molecule has 0 radical (unpaired) electrons. The van der Waals surface area contributed by atoms with Gasteiger partial charge in [-0.3, -0.25) is 4.79 Å². The minimum Gasteiger partial charge on any atom is -0.371 e. The van der Waals surface area contributed by atoms with E-state index in [0.29, 0.717) is 6.04 Å². The van der Waals surface area contributed by atoms with E-state index in [4.69, 9.17) is 0 Å². The minimum absolute atomic E-state index is 0.0544. The molecule has 1 atom stereocenters. The van der Waals surface area contributed by atoms with E-state index in [1.165, 1.54) is 30.4 Å². The van der Waals surface area contributed by atoms with Crippen molar-refractivity contribution in [3.05, 3.63) is 75.9 Å². The van der Waals surface area contributed by atoms with Gasteiger partial charge in [0.05, 0.1) is 5.52 Å². The summed E-state index contributed by atoms with van der Waals surface area (Å²) >= 11 is 0. The Balaban J connectivity index is 1.29. The van der Waals surface area contributed by atoms with Gasteiger partial charge in [0.15, 0.2) is 5.43 Å². The van der Waals surface area contributed by atoms with Gasteiger partial charge in [-0.05, 0) is 55.5 Å². The number of aromatic nitrogens is 1. The normalized spacial score (nSPS) is 16.4. The second kappa shape index (κ2) is 7.75. The number of fused-ring (bicyclic) bond motifs is 2. The van der Waals surface area contributed by atoms with Gasteiger partial charge >= 0.3 is 0 Å². The molecule has 1 heterocycles. The Morgan fingerprint density at radius 1 is 1.04 bits per heavy atom. The molecule has 4 rings (SSSR count). The van der Waals surface area contributed by atoms with Gasteiger partial charge in [0, 0.05) is 24.0 Å². The maximum absolute atomic E-state index is 12.1. The highest BCUT2D eigenvalue weighted by molar-refractivity contribution is 5.79. The van der Waals surface area contributed by atoms with Crippen LogP contribution in [0.4, 0.5) is 5.82 Å². The first-order valence-electron chi connectivity index (χ1n) is 9.48. The van der Waals surface area contributed by atoms with E-state index in [1.54, 1.807) is 6.07 Å². The van der Waals surface area contributed by atoms with E-state index in [0.717, 1.165) is 36.2 Å². The van der Waals surface area contributed by atoms with Crippen molar-refractivity contribution in [1.29, 1.82) is 0 Å². The largest absolute Gasteiger partial charge is 0.371 e. The quantitative estimate of drug-likeness (QED) is 0.591. The topological polar surface area (TPSA) is 56.9 Å². The molecule has 1 aliphatic rings. The van der Waals surface area contributed by atoms with Gasteiger partial charge in [0.2, 0.25) is 0 Å². The summed E-state index contributed by atoms with van der Waals surface area (Å²) in [6.07, 6.45) is 4.67. The monoisotopic (exact) mass is 347 g/mol. The average Bonchev–Trinajstić information content (AvgIpc) is 2.68. The maximum atomic E-state index is 12.1. The molecule has 0 amide bonds. The first-order chi connectivity index (χ1) is 12.8. The number of aryl methyl sites for hydroxylation is 1. The molecule has 26 heavy (non-hydrogen) atoms. The zero-order valence-electron chi connectivity index (χ0n) is 14.9. The number of benzene rings is 2. The number of hydrogen-bond donors (Lipinski definition) is 3. The lowest BCUT2D eigenvalue weighted by Crippen LogP contribution is -2.27. The van der Waals surface area contributed by atoms with Gasteiger partial charge in [-0.15, -0.1) is 0 Å². The Morgan fingerprint density at radius 2 is 1.88 bits per heavy atom. The fourth-order valence-corrected chi connectivity index (χ4v) is 3.85. The highest BCUT2D eigenvalue weighted by Gasteiger charge is 2.18. The summed E-state index contributed by atoms with van der Waals surface area (Å²) in [5.74, 6) is 0.789. The lowest BCUT2D eigenvalue weighted by Gasteiger charge is -2.26. The molecule has 0 fully saturated rings. The first kappa shape index (κ1) is 16.9. The molecular formula is C22H25N3O. The highest BCUT2D eigenvalue weighted by Crippen LogP contribution is 2.29. The molecule has 3 aromatic rings. The van der Waals surface area contributed by atoms with Crippen LogP contribution in [0.5, 0.6) is 0 Å². The molecule has 0 bridgehead atoms. The Kier molecular flexibility index (Phi) is 5.02. The smallest absolute Gasteiger partial charge is 0.191 e. The summed E-state index contributed by atoms with van der Waals surface area (Å²) in [5, 5.41) is 7.76. The maximum Gasteiger partial charge on any atom is 0.191 e. The first-order valence-corrected chi connectivity index (χ1v) is 9.48. The van der Waals surface area contributed by atoms with Gasteiger partial charge in [0.25, 0.3) is 0 Å². The van der Waals surface area contributed by atoms with E-state index in [-0.39, 0.29) is 5.43 Å². The number of pyridine rings is 1. The summed E-state index contributed by atoms with van der Waals surface area (Å²) in [6.45, 7) is 1.79. The molecule has 2 aromatic carbocycles. The van der Waals surface area contributed by atoms with Crippen molar-refractivity contribution >= 4 is 16.7 Å².